The van der Waals surface area contributed by atoms with Crippen LogP contribution in [0.2, 0.25) is 0 Å². The van der Waals surface area contributed by atoms with E-state index in [-0.39, 0.29) is 0 Å². The smallest absolute Gasteiger partial charge is 0.338 e. The molecule has 0 aromatic heterocycles. The Labute approximate surface area is 110 Å². The molecular weight excluding hydrogens is 244 g/mol. The molecule has 0 radical (unpaired) electrons. The number of rotatable bonds is 4. The van der Waals surface area contributed by atoms with Gasteiger partial charge in [0, 0.05) is 5.57 Å². The van der Waals surface area contributed by atoms with Crippen molar-refractivity contribution in [2.75, 3.05) is 0 Å². The molecule has 0 amide bonds. The molecule has 0 aliphatic heterocycles. The fraction of sp³-hybridized carbons (Fsp3) is 0.0667. The van der Waals surface area contributed by atoms with Gasteiger partial charge in [0.15, 0.2) is 0 Å². The van der Waals surface area contributed by atoms with Crippen LogP contribution in [-0.4, -0.2) is 12.4 Å². The van der Waals surface area contributed by atoms with Crippen molar-refractivity contribution in [3.8, 4) is 11.5 Å². The average Bonchev–Trinajstić information content (AvgIpc) is 2.39. The van der Waals surface area contributed by atoms with Gasteiger partial charge in [-0.1, -0.05) is 18.7 Å². The number of carbonyl (C=O) groups is 2. The van der Waals surface area contributed by atoms with Gasteiger partial charge in [0.1, 0.15) is 11.5 Å². The SMILES string of the molecule is C=C(C)C(=O)Oc1ccc2cc(OC=O)ccc2c1. The Morgan fingerprint density at radius 1 is 1.11 bits per heavy atom. The van der Waals surface area contributed by atoms with Gasteiger partial charge in [-0.3, -0.25) is 4.79 Å². The van der Waals surface area contributed by atoms with Gasteiger partial charge < -0.3 is 9.47 Å². The molecular formula is C15H12O4. The van der Waals surface area contributed by atoms with E-state index in [1.165, 1.54) is 0 Å². The van der Waals surface area contributed by atoms with Gasteiger partial charge in [0.05, 0.1) is 0 Å². The zero-order chi connectivity index (χ0) is 13.8. The van der Waals surface area contributed by atoms with E-state index in [4.69, 9.17) is 9.47 Å². The normalized spacial score (nSPS) is 9.95. The summed E-state index contributed by atoms with van der Waals surface area (Å²) in [7, 11) is 0. The van der Waals surface area contributed by atoms with Crippen LogP contribution in [0.3, 0.4) is 0 Å². The van der Waals surface area contributed by atoms with Gasteiger partial charge in [-0.05, 0) is 42.0 Å². The first-order valence-corrected chi connectivity index (χ1v) is 5.62. The first-order valence-electron chi connectivity index (χ1n) is 5.62. The van der Waals surface area contributed by atoms with Gasteiger partial charge in [-0.15, -0.1) is 0 Å². The maximum absolute atomic E-state index is 11.4. The van der Waals surface area contributed by atoms with E-state index in [1.807, 2.05) is 0 Å². The predicted molar refractivity (Wildman–Crippen MR) is 71.1 cm³/mol. The van der Waals surface area contributed by atoms with Crippen molar-refractivity contribution in [3.05, 3.63) is 48.6 Å². The molecule has 4 heteroatoms. The van der Waals surface area contributed by atoms with E-state index in [0.29, 0.717) is 23.5 Å². The van der Waals surface area contributed by atoms with E-state index in [1.54, 1.807) is 43.3 Å². The van der Waals surface area contributed by atoms with Crippen LogP contribution < -0.4 is 9.47 Å². The molecule has 2 aromatic carbocycles. The maximum Gasteiger partial charge on any atom is 0.338 e. The second-order valence-corrected chi connectivity index (χ2v) is 4.05. The highest BCUT2D eigenvalue weighted by Crippen LogP contribution is 2.25. The first-order chi connectivity index (χ1) is 9.10. The summed E-state index contributed by atoms with van der Waals surface area (Å²) >= 11 is 0. The second kappa shape index (κ2) is 5.35. The van der Waals surface area contributed by atoms with E-state index >= 15 is 0 Å². The Balaban J connectivity index is 2.31. The Hall–Kier alpha value is -2.62. The highest BCUT2D eigenvalue weighted by atomic mass is 16.5. The molecule has 0 atom stereocenters. The number of fused-ring (bicyclic) bond motifs is 1. The summed E-state index contributed by atoms with van der Waals surface area (Å²) in [6.45, 7) is 5.49. The lowest BCUT2D eigenvalue weighted by molar-refractivity contribution is -0.130. The minimum Gasteiger partial charge on any atom is -0.429 e. The van der Waals surface area contributed by atoms with Crippen LogP contribution in [0.1, 0.15) is 6.92 Å². The summed E-state index contributed by atoms with van der Waals surface area (Å²) in [6.07, 6.45) is 0. The molecule has 4 nitrogen and oxygen atoms in total. The zero-order valence-corrected chi connectivity index (χ0v) is 10.4. The fourth-order valence-corrected chi connectivity index (χ4v) is 1.59. The van der Waals surface area contributed by atoms with E-state index < -0.39 is 5.97 Å². The van der Waals surface area contributed by atoms with Crippen LogP contribution in [0, 0.1) is 0 Å². The third-order valence-electron chi connectivity index (χ3n) is 2.53. The largest absolute Gasteiger partial charge is 0.429 e. The molecule has 96 valence electrons. The summed E-state index contributed by atoms with van der Waals surface area (Å²) in [5.74, 6) is 0.457. The molecule has 0 aliphatic carbocycles. The summed E-state index contributed by atoms with van der Waals surface area (Å²) in [5, 5.41) is 1.76. The monoisotopic (exact) mass is 256 g/mol. The first kappa shape index (κ1) is 12.8. The number of ether oxygens (including phenoxy) is 2. The third kappa shape index (κ3) is 2.98. The Kier molecular flexibility index (Phi) is 3.61. The molecule has 0 saturated heterocycles. The summed E-state index contributed by atoms with van der Waals surface area (Å²) in [5.41, 5.74) is 0.342. The topological polar surface area (TPSA) is 52.6 Å². The average molecular weight is 256 g/mol. The van der Waals surface area contributed by atoms with Crippen molar-refractivity contribution < 1.29 is 19.1 Å². The van der Waals surface area contributed by atoms with Crippen molar-refractivity contribution in [2.24, 2.45) is 0 Å². The lowest BCUT2D eigenvalue weighted by Crippen LogP contribution is -2.07. The molecule has 0 saturated carbocycles. The molecule has 19 heavy (non-hydrogen) atoms. The lowest BCUT2D eigenvalue weighted by Gasteiger charge is -2.06. The highest BCUT2D eigenvalue weighted by Gasteiger charge is 2.06. The lowest BCUT2D eigenvalue weighted by atomic mass is 10.1. The number of hydrogen-bond acceptors (Lipinski definition) is 4. The van der Waals surface area contributed by atoms with Gasteiger partial charge in [0.2, 0.25) is 0 Å². The van der Waals surface area contributed by atoms with E-state index in [9.17, 15) is 9.59 Å². The quantitative estimate of drug-likeness (QED) is 0.365. The van der Waals surface area contributed by atoms with Gasteiger partial charge >= 0.3 is 5.97 Å². The van der Waals surface area contributed by atoms with E-state index in [2.05, 4.69) is 6.58 Å². The molecule has 2 aromatic rings. The molecule has 0 fully saturated rings. The van der Waals surface area contributed by atoms with Crippen molar-refractivity contribution in [2.45, 2.75) is 6.92 Å². The van der Waals surface area contributed by atoms with Crippen LogP contribution >= 0.6 is 0 Å². The van der Waals surface area contributed by atoms with Gasteiger partial charge in [-0.2, -0.15) is 0 Å². The maximum atomic E-state index is 11.4. The van der Waals surface area contributed by atoms with Crippen LogP contribution in [0.25, 0.3) is 10.8 Å². The summed E-state index contributed by atoms with van der Waals surface area (Å²) in [4.78, 5) is 21.7. The Morgan fingerprint density at radius 2 is 1.68 bits per heavy atom. The standard InChI is InChI=1S/C15H12O4/c1-10(2)15(17)19-14-6-4-11-7-13(18-9-16)5-3-12(11)8-14/h3-9H,1H2,2H3. The second-order valence-electron chi connectivity index (χ2n) is 4.05. The molecule has 0 N–H and O–H groups in total. The molecule has 0 heterocycles. The fourth-order valence-electron chi connectivity index (χ4n) is 1.59. The predicted octanol–water partition coefficient (Wildman–Crippen LogP) is 2.86. The zero-order valence-electron chi connectivity index (χ0n) is 10.4. The summed E-state index contributed by atoms with van der Waals surface area (Å²) < 4.78 is 9.90. The van der Waals surface area contributed by atoms with E-state index in [0.717, 1.165) is 10.8 Å². The number of benzene rings is 2. The molecule has 2 rings (SSSR count). The van der Waals surface area contributed by atoms with Crippen LogP contribution in [0.15, 0.2) is 48.6 Å². The van der Waals surface area contributed by atoms with Crippen LogP contribution in [0.5, 0.6) is 11.5 Å². The minimum atomic E-state index is -0.458. The van der Waals surface area contributed by atoms with Gasteiger partial charge in [0.25, 0.3) is 6.47 Å². The van der Waals surface area contributed by atoms with Crippen LogP contribution in [-0.2, 0) is 9.59 Å². The number of esters is 1. The van der Waals surface area contributed by atoms with Crippen molar-refractivity contribution >= 4 is 23.2 Å². The van der Waals surface area contributed by atoms with Crippen LogP contribution in [0.4, 0.5) is 0 Å². The van der Waals surface area contributed by atoms with Crippen molar-refractivity contribution in [3.63, 3.8) is 0 Å². The van der Waals surface area contributed by atoms with Crippen molar-refractivity contribution in [1.29, 1.82) is 0 Å². The number of hydrogen-bond donors (Lipinski definition) is 0. The molecule has 0 unspecified atom stereocenters. The minimum absolute atomic E-state index is 0.342. The summed E-state index contributed by atoms with van der Waals surface area (Å²) in [6, 6.07) is 10.4. The van der Waals surface area contributed by atoms with Gasteiger partial charge in [-0.25, -0.2) is 4.79 Å². The third-order valence-corrected chi connectivity index (χ3v) is 2.53. The molecule has 0 bridgehead atoms. The highest BCUT2D eigenvalue weighted by molar-refractivity contribution is 5.90. The Morgan fingerprint density at radius 3 is 2.26 bits per heavy atom. The molecule has 0 spiro atoms. The number of carbonyl (C=O) groups excluding carboxylic acids is 2. The Bertz CT molecular complexity index is 658. The molecule has 0 aliphatic rings. The van der Waals surface area contributed by atoms with Crippen molar-refractivity contribution in [1.82, 2.24) is 0 Å².